The number of aryl methyl sites for hydroxylation is 2. The Hall–Kier alpha value is -7.88. The Morgan fingerprint density at radius 2 is 1.00 bits per heavy atom. The van der Waals surface area contributed by atoms with E-state index in [1.807, 2.05) is 83.3 Å². The lowest BCUT2D eigenvalue weighted by Crippen LogP contribution is -2.54. The van der Waals surface area contributed by atoms with Crippen LogP contribution < -0.4 is 28.4 Å². The summed E-state index contributed by atoms with van der Waals surface area (Å²) in [6, 6.07) is 9.05. The van der Waals surface area contributed by atoms with Crippen molar-refractivity contribution >= 4 is 99.7 Å². The van der Waals surface area contributed by atoms with Crippen molar-refractivity contribution in [3.05, 3.63) is 95.0 Å². The van der Waals surface area contributed by atoms with Gasteiger partial charge in [-0.3, -0.25) is 43.1 Å². The number of rotatable bonds is 33. The number of pyridine rings is 2. The molecule has 4 saturated carbocycles. The first-order valence-corrected chi connectivity index (χ1v) is 48.6. The van der Waals surface area contributed by atoms with E-state index in [2.05, 4.69) is 60.6 Å². The van der Waals surface area contributed by atoms with Crippen LogP contribution in [0.2, 0.25) is 0 Å². The smallest absolute Gasteiger partial charge is 0.240 e. The first-order valence-electron chi connectivity index (χ1n) is 43.7. The van der Waals surface area contributed by atoms with Crippen LogP contribution in [0.15, 0.2) is 72.5 Å². The van der Waals surface area contributed by atoms with Crippen LogP contribution in [0.1, 0.15) is 199 Å². The molecule has 0 radical (unpaired) electrons. The number of ketones is 2. The number of amides is 4. The molecule has 6 aromatic rings. The van der Waals surface area contributed by atoms with Crippen LogP contribution >= 0.6 is 22.7 Å². The molecule has 0 spiro atoms. The first-order chi connectivity index (χ1) is 58.3. The summed E-state index contributed by atoms with van der Waals surface area (Å²) in [7, 11) is -4.54. The molecule has 10 heterocycles. The number of Topliss-reactive ketones (excluding diaryl/α,β-unsaturated/α-hetero) is 2. The van der Waals surface area contributed by atoms with E-state index in [9.17, 15) is 45.6 Å². The summed E-state index contributed by atoms with van der Waals surface area (Å²) in [4.78, 5) is 111. The van der Waals surface area contributed by atoms with Gasteiger partial charge in [-0.15, -0.1) is 35.8 Å². The van der Waals surface area contributed by atoms with Crippen molar-refractivity contribution in [3.63, 3.8) is 0 Å². The summed E-state index contributed by atoms with van der Waals surface area (Å²) in [5.74, 6) is -0.161. The second-order valence-electron chi connectivity index (χ2n) is 36.2. The zero-order valence-corrected chi connectivity index (χ0v) is 75.8. The Morgan fingerprint density at radius 3 is 1.36 bits per heavy atom. The second-order valence-corrected chi connectivity index (χ2v) is 41.8. The monoisotopic (exact) mass is 1760 g/mol. The molecule has 2 N–H and O–H groups in total. The van der Waals surface area contributed by atoms with Crippen molar-refractivity contribution in [2.75, 3.05) is 73.5 Å². The molecule has 10 aliphatic rings. The number of fused-ring (bicyclic) bond motifs is 4. The number of thiazole rings is 2. The minimum Gasteiger partial charge on any atom is -0.492 e. The van der Waals surface area contributed by atoms with Gasteiger partial charge >= 0.3 is 0 Å². The number of nitrogens with one attached hydrogen (secondary N) is 2. The molecule has 122 heavy (non-hydrogen) atoms. The molecule has 4 amide bonds. The average molecular weight is 1760 g/mol. The lowest BCUT2D eigenvalue weighted by molar-refractivity contribution is -0.149. The number of ether oxygens (including phenoxy) is 8. The van der Waals surface area contributed by atoms with E-state index in [0.717, 1.165) is 101 Å². The largest absolute Gasteiger partial charge is 0.492 e. The highest BCUT2D eigenvalue weighted by atomic mass is 32.2. The Bertz CT molecular complexity index is 5120. The van der Waals surface area contributed by atoms with Gasteiger partial charge in [0.25, 0.3) is 0 Å². The normalized spacial score (nSPS) is 26.5. The Morgan fingerprint density at radius 1 is 0.574 bits per heavy atom. The van der Waals surface area contributed by atoms with Crippen molar-refractivity contribution < 1.29 is 83.5 Å². The Kier molecular flexibility index (Phi) is 28.0. The first kappa shape index (κ1) is 90.4. The number of hydrogen-bond donors (Lipinski definition) is 2. The van der Waals surface area contributed by atoms with Gasteiger partial charge in [-0.25, -0.2) is 36.8 Å². The van der Waals surface area contributed by atoms with Gasteiger partial charge < -0.3 is 47.7 Å². The fourth-order valence-corrected chi connectivity index (χ4v) is 23.1. The van der Waals surface area contributed by atoms with Gasteiger partial charge in [0.2, 0.25) is 43.7 Å². The third-order valence-corrected chi connectivity index (χ3v) is 32.0. The fraction of sp³-hybridized carbons (Fsp3) is 0.626. The quantitative estimate of drug-likeness (QED) is 0.0285. The molecule has 4 aliphatic carbocycles. The van der Waals surface area contributed by atoms with E-state index >= 15 is 0 Å². The standard InChI is InChI=1S/C44H57N5O8S2.C42H54N4O9S2.C5H10O/c1-7-28-22-44(28,43(52)47-59(53,54)29-8-9-29)23-36(50)35-21-39(34-12-10-30(25(2)3)42(51)49(34)35)57-38-20-32(41-46-33(24-58-41)26(4)5)45-40-27(6)37(13-11-31(38)40)56-19-16-48-14-17-55-18-15-48;1-9-25-18-42(25,41(49)45-57(50,51)26-10-11-26)19-33(47)32-17-36(31-14-12-27(22(2)3)40(48)46(31)32)55-35-16-29(39-44-30(21-56-39)23(4)5)43-38-24(6)34(15-13-28(35)38)54-20-37(52-7)53-8;1-2-4-6-5-3-1/h7,11,13,20,24-26,28-30,34-35,39H,1,8-10,12,14-19,21-23H2,2-6H3,(H,47,52);9,13,15-16,21-23,25-27,31-32,36-37H,1,10-12,14,17-20H2,2-8H3,(H,45,49);1-5H2/t28-,30?,34-,35+,39-,44-;25-,27?,31-,32+,36-,42-;/m11./s1. The number of aromatic nitrogens is 4. The number of allylic oxidation sites excluding steroid dienone is 2. The highest BCUT2D eigenvalue weighted by Crippen LogP contribution is 2.59. The lowest BCUT2D eigenvalue weighted by atomic mass is 9.84. The lowest BCUT2D eigenvalue weighted by Gasteiger charge is -2.40. The molecule has 4 aromatic heterocycles. The highest BCUT2D eigenvalue weighted by Gasteiger charge is 2.64. The Balaban J connectivity index is 0.000000186. The van der Waals surface area contributed by atoms with Gasteiger partial charge in [0.05, 0.1) is 81.1 Å². The number of nitrogens with zero attached hydrogens (tertiary/aromatic N) is 7. The number of hydrogen-bond acceptors (Lipinski definition) is 25. The van der Waals surface area contributed by atoms with Crippen LogP contribution in [0, 0.1) is 60.2 Å². The summed E-state index contributed by atoms with van der Waals surface area (Å²) in [6.45, 7) is 34.8. The van der Waals surface area contributed by atoms with Crippen molar-refractivity contribution in [2.45, 2.75) is 243 Å². The van der Waals surface area contributed by atoms with Crippen LogP contribution in [0.3, 0.4) is 0 Å². The van der Waals surface area contributed by atoms with Gasteiger partial charge in [0.1, 0.15) is 69.8 Å². The van der Waals surface area contributed by atoms with Gasteiger partial charge in [-0.05, 0) is 157 Å². The van der Waals surface area contributed by atoms with Gasteiger partial charge in [-0.1, -0.05) is 67.5 Å². The van der Waals surface area contributed by atoms with Crippen molar-refractivity contribution in [1.82, 2.24) is 44.1 Å². The summed E-state index contributed by atoms with van der Waals surface area (Å²) in [6.07, 6.45) is 10.9. The maximum absolute atomic E-state index is 14.6. The van der Waals surface area contributed by atoms with E-state index < -0.39 is 89.8 Å². The second kappa shape index (κ2) is 37.7. The number of piperidine rings is 2. The maximum atomic E-state index is 14.6. The van der Waals surface area contributed by atoms with Crippen LogP contribution in [-0.2, 0) is 67.8 Å². The molecule has 16 rings (SSSR count). The van der Waals surface area contributed by atoms with Crippen molar-refractivity contribution in [3.8, 4) is 44.4 Å². The van der Waals surface area contributed by atoms with E-state index in [1.165, 1.54) is 41.9 Å². The molecule has 662 valence electrons. The summed E-state index contributed by atoms with van der Waals surface area (Å²) in [5.41, 5.74) is 3.82. The Labute approximate surface area is 725 Å². The fourth-order valence-electron chi connectivity index (χ4n) is 18.4. The average Bonchev–Trinajstić information content (AvgIpc) is 1.57. The van der Waals surface area contributed by atoms with E-state index in [4.69, 9.17) is 57.8 Å². The third kappa shape index (κ3) is 19.4. The van der Waals surface area contributed by atoms with Crippen LogP contribution in [0.25, 0.3) is 43.2 Å². The van der Waals surface area contributed by atoms with Crippen LogP contribution in [0.4, 0.5) is 0 Å². The van der Waals surface area contributed by atoms with E-state index in [0.29, 0.717) is 105 Å². The number of methoxy groups -OCH3 is 2. The van der Waals surface area contributed by atoms with Crippen LogP contribution in [0.5, 0.6) is 23.0 Å². The molecular weight excluding hydrogens is 1640 g/mol. The molecule has 10 fully saturated rings. The van der Waals surface area contributed by atoms with Crippen LogP contribution in [-0.4, -0.2) is 213 Å². The predicted molar refractivity (Wildman–Crippen MR) is 467 cm³/mol. The van der Waals surface area contributed by atoms with Gasteiger partial charge in [0, 0.05) is 129 Å². The molecular formula is C91H121N9O18S4. The molecule has 31 heteroatoms. The summed E-state index contributed by atoms with van der Waals surface area (Å²) in [5, 5.41) is 5.95. The molecule has 6 saturated heterocycles. The van der Waals surface area contributed by atoms with Gasteiger partial charge in [0.15, 0.2) is 17.9 Å². The number of benzene rings is 2. The van der Waals surface area contributed by atoms with E-state index in [-0.39, 0.29) is 109 Å². The van der Waals surface area contributed by atoms with Crippen molar-refractivity contribution in [2.24, 2.45) is 46.3 Å². The topological polar surface area (TPSA) is 330 Å². The minimum atomic E-state index is -3.82. The maximum Gasteiger partial charge on any atom is 0.240 e. The third-order valence-electron chi connectivity index (χ3n) is 26.6. The molecule has 2 unspecified atom stereocenters. The zero-order valence-electron chi connectivity index (χ0n) is 72.5. The molecule has 12 atom stereocenters. The molecule has 27 nitrogen and oxygen atoms in total. The highest BCUT2D eigenvalue weighted by molar-refractivity contribution is 7.91. The number of morpholine rings is 1. The SMILES string of the molecule is C1CCOCC1.C=C[C@@H]1C[C@]1(CC(=O)[C@@H]1C[C@@H](Oc2cc(-c3nc(C(C)C)cs3)nc3c(C)c(OCC(OC)OC)ccc23)[C@H]2CCC(C(C)C)C(=O)N21)C(=O)NS(=O)(=O)C1CC1.C=C[C@@H]1C[C@]1(CC(=O)[C@@H]1C[C@@H](Oc2cc(-c3nc(C(C)C)cs3)nc3c(C)c(OCCN4CCOCC4)ccc23)[C@H]2CCC(C(C)C)C(=O)N21)C(=O)NS(=O)(=O)C1CC1. The van der Waals surface area contributed by atoms with E-state index in [1.54, 1.807) is 36.2 Å². The number of sulfonamides is 2. The molecule has 2 aromatic carbocycles. The minimum absolute atomic E-state index is 0.0654. The summed E-state index contributed by atoms with van der Waals surface area (Å²) < 4.78 is 104. The number of carbonyl (C=O) groups is 6. The van der Waals surface area contributed by atoms with Crippen molar-refractivity contribution in [1.29, 1.82) is 0 Å². The van der Waals surface area contributed by atoms with Gasteiger partial charge in [-0.2, -0.15) is 0 Å². The summed E-state index contributed by atoms with van der Waals surface area (Å²) >= 11 is 3.03. The zero-order chi connectivity index (χ0) is 87.0. The molecule has 0 bridgehead atoms. The molecule has 6 aliphatic heterocycles. The predicted octanol–water partition coefficient (Wildman–Crippen LogP) is 13.6. The number of carbonyl (C=O) groups excluding carboxylic acids is 6.